The number of likely N-dealkylation sites (tertiary alicyclic amines) is 1. The molecular formula is C24H26N4O2. The standard InChI is InChI=1S/C24H26N4O2/c1-15-5-7-18(8-6-15)24(29)28-11-3-4-19(14-28)22-20(21-12-16(2)27-30-21)13-25-23(26-22)17-9-10-17/h5-8,12-13,17,19H,3-4,9-11,14H2,1-2H3. The van der Waals surface area contributed by atoms with Gasteiger partial charge in [0.2, 0.25) is 0 Å². The topological polar surface area (TPSA) is 72.1 Å². The lowest BCUT2D eigenvalue weighted by Gasteiger charge is -2.33. The second-order valence-corrected chi connectivity index (χ2v) is 8.59. The molecule has 0 bridgehead atoms. The minimum atomic E-state index is 0.0910. The Hall–Kier alpha value is -3.02. The lowest BCUT2D eigenvalue weighted by molar-refractivity contribution is 0.0706. The van der Waals surface area contributed by atoms with Gasteiger partial charge in [0, 0.05) is 42.8 Å². The van der Waals surface area contributed by atoms with Gasteiger partial charge in [0.1, 0.15) is 5.82 Å². The normalized spacial score (nSPS) is 19.1. The average Bonchev–Trinajstić information content (AvgIpc) is 3.54. The third-order valence-corrected chi connectivity index (χ3v) is 6.07. The van der Waals surface area contributed by atoms with Crippen LogP contribution in [0.15, 0.2) is 41.1 Å². The van der Waals surface area contributed by atoms with Crippen molar-refractivity contribution >= 4 is 5.91 Å². The van der Waals surface area contributed by atoms with E-state index in [0.717, 1.165) is 66.1 Å². The van der Waals surface area contributed by atoms with Crippen LogP contribution in [0.1, 0.15) is 70.7 Å². The average molecular weight is 402 g/mol. The van der Waals surface area contributed by atoms with Gasteiger partial charge in [0.15, 0.2) is 5.76 Å². The molecule has 1 saturated carbocycles. The number of aryl methyl sites for hydroxylation is 2. The van der Waals surface area contributed by atoms with E-state index < -0.39 is 0 Å². The van der Waals surface area contributed by atoms with Crippen molar-refractivity contribution in [2.75, 3.05) is 13.1 Å². The lowest BCUT2D eigenvalue weighted by Crippen LogP contribution is -2.39. The van der Waals surface area contributed by atoms with E-state index in [9.17, 15) is 4.79 Å². The molecule has 6 nitrogen and oxygen atoms in total. The predicted molar refractivity (Wildman–Crippen MR) is 113 cm³/mol. The molecule has 2 fully saturated rings. The monoisotopic (exact) mass is 402 g/mol. The van der Waals surface area contributed by atoms with Crippen molar-refractivity contribution in [3.63, 3.8) is 0 Å². The number of hydrogen-bond donors (Lipinski definition) is 0. The molecular weight excluding hydrogens is 376 g/mol. The van der Waals surface area contributed by atoms with E-state index >= 15 is 0 Å². The van der Waals surface area contributed by atoms with Gasteiger partial charge >= 0.3 is 0 Å². The zero-order valence-corrected chi connectivity index (χ0v) is 17.5. The Morgan fingerprint density at radius 1 is 1.10 bits per heavy atom. The first-order valence-electron chi connectivity index (χ1n) is 10.7. The predicted octanol–water partition coefficient (Wildman–Crippen LogP) is 4.65. The third kappa shape index (κ3) is 3.74. The van der Waals surface area contributed by atoms with Crippen molar-refractivity contribution in [1.29, 1.82) is 0 Å². The molecule has 1 atom stereocenters. The molecule has 154 valence electrons. The van der Waals surface area contributed by atoms with Gasteiger partial charge in [-0.25, -0.2) is 9.97 Å². The fourth-order valence-corrected chi connectivity index (χ4v) is 4.20. The highest BCUT2D eigenvalue weighted by Gasteiger charge is 2.32. The number of rotatable bonds is 4. The SMILES string of the molecule is Cc1ccc(C(=O)N2CCCC(c3nc(C4CC4)ncc3-c3cc(C)no3)C2)cc1. The number of nitrogens with zero attached hydrogens (tertiary/aromatic N) is 4. The summed E-state index contributed by atoms with van der Waals surface area (Å²) in [5.74, 6) is 2.35. The van der Waals surface area contributed by atoms with Gasteiger partial charge in [-0.1, -0.05) is 22.9 Å². The van der Waals surface area contributed by atoms with Gasteiger partial charge < -0.3 is 9.42 Å². The maximum absolute atomic E-state index is 13.1. The highest BCUT2D eigenvalue weighted by atomic mass is 16.5. The van der Waals surface area contributed by atoms with Crippen LogP contribution in [0.2, 0.25) is 0 Å². The minimum Gasteiger partial charge on any atom is -0.356 e. The number of benzene rings is 1. The van der Waals surface area contributed by atoms with E-state index in [0.29, 0.717) is 18.2 Å². The van der Waals surface area contributed by atoms with Crippen LogP contribution >= 0.6 is 0 Å². The van der Waals surface area contributed by atoms with E-state index in [4.69, 9.17) is 9.51 Å². The molecule has 1 unspecified atom stereocenters. The molecule has 0 radical (unpaired) electrons. The second-order valence-electron chi connectivity index (χ2n) is 8.59. The quantitative estimate of drug-likeness (QED) is 0.635. The Bertz CT molecular complexity index is 1070. The summed E-state index contributed by atoms with van der Waals surface area (Å²) in [5, 5.41) is 4.04. The van der Waals surface area contributed by atoms with Crippen molar-refractivity contribution in [2.24, 2.45) is 0 Å². The Balaban J connectivity index is 1.45. The van der Waals surface area contributed by atoms with Crippen molar-refractivity contribution < 1.29 is 9.32 Å². The van der Waals surface area contributed by atoms with Gasteiger partial charge in [0.05, 0.1) is 17.0 Å². The zero-order valence-electron chi connectivity index (χ0n) is 17.5. The van der Waals surface area contributed by atoms with E-state index in [-0.39, 0.29) is 11.8 Å². The van der Waals surface area contributed by atoms with Crippen LogP contribution in [0.5, 0.6) is 0 Å². The van der Waals surface area contributed by atoms with Crippen molar-refractivity contribution in [3.05, 3.63) is 64.9 Å². The van der Waals surface area contributed by atoms with Crippen LogP contribution in [0.4, 0.5) is 0 Å². The highest BCUT2D eigenvalue weighted by Crippen LogP contribution is 2.40. The van der Waals surface area contributed by atoms with Crippen LogP contribution < -0.4 is 0 Å². The number of piperidine rings is 1. The number of carbonyl (C=O) groups excluding carboxylic acids is 1. The molecule has 6 heteroatoms. The molecule has 30 heavy (non-hydrogen) atoms. The van der Waals surface area contributed by atoms with E-state index in [1.165, 1.54) is 0 Å². The van der Waals surface area contributed by atoms with Crippen molar-refractivity contribution in [3.8, 4) is 11.3 Å². The van der Waals surface area contributed by atoms with Gasteiger partial charge in [-0.15, -0.1) is 0 Å². The summed E-state index contributed by atoms with van der Waals surface area (Å²) in [4.78, 5) is 24.7. The Labute approximate surface area is 176 Å². The van der Waals surface area contributed by atoms with Gasteiger partial charge in [-0.05, 0) is 51.7 Å². The molecule has 0 N–H and O–H groups in total. The third-order valence-electron chi connectivity index (χ3n) is 6.07. The molecule has 1 aromatic carbocycles. The highest BCUT2D eigenvalue weighted by molar-refractivity contribution is 5.94. The van der Waals surface area contributed by atoms with Crippen LogP contribution in [-0.2, 0) is 0 Å². The Morgan fingerprint density at radius 2 is 1.90 bits per heavy atom. The summed E-state index contributed by atoms with van der Waals surface area (Å²) in [6.45, 7) is 5.38. The van der Waals surface area contributed by atoms with Crippen LogP contribution in [0.25, 0.3) is 11.3 Å². The van der Waals surface area contributed by atoms with Gasteiger partial charge in [-0.2, -0.15) is 0 Å². The van der Waals surface area contributed by atoms with E-state index in [2.05, 4.69) is 10.1 Å². The number of hydrogen-bond acceptors (Lipinski definition) is 5. The van der Waals surface area contributed by atoms with Crippen molar-refractivity contribution in [1.82, 2.24) is 20.0 Å². The minimum absolute atomic E-state index is 0.0910. The maximum atomic E-state index is 13.1. The first-order valence-corrected chi connectivity index (χ1v) is 10.7. The maximum Gasteiger partial charge on any atom is 0.253 e. The second kappa shape index (κ2) is 7.67. The smallest absolute Gasteiger partial charge is 0.253 e. The molecule has 1 saturated heterocycles. The lowest BCUT2D eigenvalue weighted by atomic mass is 9.90. The summed E-state index contributed by atoms with van der Waals surface area (Å²) in [6.07, 6.45) is 6.15. The summed E-state index contributed by atoms with van der Waals surface area (Å²) in [5.41, 5.74) is 4.62. The zero-order chi connectivity index (χ0) is 20.7. The van der Waals surface area contributed by atoms with E-state index in [1.807, 2.05) is 55.3 Å². The molecule has 0 spiro atoms. The first-order chi connectivity index (χ1) is 14.6. The van der Waals surface area contributed by atoms with E-state index in [1.54, 1.807) is 0 Å². The molecule has 2 aromatic heterocycles. The summed E-state index contributed by atoms with van der Waals surface area (Å²) in [7, 11) is 0. The van der Waals surface area contributed by atoms with Crippen LogP contribution in [0.3, 0.4) is 0 Å². The number of carbonyl (C=O) groups is 1. The fraction of sp³-hybridized carbons (Fsp3) is 0.417. The molecule has 3 heterocycles. The number of aromatic nitrogens is 3. The van der Waals surface area contributed by atoms with Gasteiger partial charge in [-0.3, -0.25) is 4.79 Å². The summed E-state index contributed by atoms with van der Waals surface area (Å²) >= 11 is 0. The molecule has 5 rings (SSSR count). The van der Waals surface area contributed by atoms with Crippen LogP contribution in [-0.4, -0.2) is 39.0 Å². The molecule has 1 aliphatic carbocycles. The Morgan fingerprint density at radius 3 is 2.60 bits per heavy atom. The molecule has 2 aliphatic rings. The van der Waals surface area contributed by atoms with Gasteiger partial charge in [0.25, 0.3) is 5.91 Å². The molecule has 3 aromatic rings. The largest absolute Gasteiger partial charge is 0.356 e. The first kappa shape index (κ1) is 19.0. The summed E-state index contributed by atoms with van der Waals surface area (Å²) in [6, 6.07) is 9.74. The fourth-order valence-electron chi connectivity index (χ4n) is 4.20. The number of amides is 1. The summed E-state index contributed by atoms with van der Waals surface area (Å²) < 4.78 is 5.54. The Kier molecular flexibility index (Phi) is 4.85. The van der Waals surface area contributed by atoms with Crippen LogP contribution in [0, 0.1) is 13.8 Å². The van der Waals surface area contributed by atoms with Crippen molar-refractivity contribution in [2.45, 2.75) is 51.4 Å². The molecule has 1 amide bonds. The molecule has 1 aliphatic heterocycles.